The SMILES string of the molecule is C=Cc1cc(I)c(OCCCC(=O)OC(C)(C)C)c(OCC)c1. The summed E-state index contributed by atoms with van der Waals surface area (Å²) in [5.74, 6) is 1.21. The molecule has 128 valence electrons. The van der Waals surface area contributed by atoms with Crippen molar-refractivity contribution in [1.29, 1.82) is 0 Å². The van der Waals surface area contributed by atoms with E-state index in [1.165, 1.54) is 0 Å². The lowest BCUT2D eigenvalue weighted by Gasteiger charge is -2.19. The maximum Gasteiger partial charge on any atom is 0.306 e. The third-order valence-corrected chi connectivity index (χ3v) is 3.56. The Labute approximate surface area is 152 Å². The number of rotatable bonds is 8. The first-order chi connectivity index (χ1) is 10.8. The third kappa shape index (κ3) is 7.24. The van der Waals surface area contributed by atoms with Crippen molar-refractivity contribution in [1.82, 2.24) is 0 Å². The second kappa shape index (κ2) is 9.15. The topological polar surface area (TPSA) is 44.8 Å². The summed E-state index contributed by atoms with van der Waals surface area (Å²) >= 11 is 2.21. The average Bonchev–Trinajstić information content (AvgIpc) is 2.43. The largest absolute Gasteiger partial charge is 0.490 e. The molecule has 0 spiro atoms. The van der Waals surface area contributed by atoms with Crippen molar-refractivity contribution in [3.63, 3.8) is 0 Å². The molecular weight excluding hydrogens is 407 g/mol. The summed E-state index contributed by atoms with van der Waals surface area (Å²) in [6.45, 7) is 12.3. The fourth-order valence-corrected chi connectivity index (χ4v) is 2.67. The summed E-state index contributed by atoms with van der Waals surface area (Å²) in [5.41, 5.74) is 0.537. The molecule has 0 aromatic heterocycles. The van der Waals surface area contributed by atoms with E-state index in [1.54, 1.807) is 6.08 Å². The van der Waals surface area contributed by atoms with Crippen LogP contribution < -0.4 is 9.47 Å². The lowest BCUT2D eigenvalue weighted by atomic mass is 10.2. The molecule has 0 fully saturated rings. The predicted octanol–water partition coefficient (Wildman–Crippen LogP) is 4.83. The Morgan fingerprint density at radius 1 is 1.30 bits per heavy atom. The number of ether oxygens (including phenoxy) is 3. The highest BCUT2D eigenvalue weighted by Gasteiger charge is 2.16. The van der Waals surface area contributed by atoms with Crippen LogP contribution in [0.1, 0.15) is 46.1 Å². The van der Waals surface area contributed by atoms with E-state index in [2.05, 4.69) is 29.2 Å². The summed E-state index contributed by atoms with van der Waals surface area (Å²) in [7, 11) is 0. The molecule has 0 unspecified atom stereocenters. The van der Waals surface area contributed by atoms with Crippen molar-refractivity contribution < 1.29 is 19.0 Å². The van der Waals surface area contributed by atoms with Gasteiger partial charge < -0.3 is 14.2 Å². The van der Waals surface area contributed by atoms with Gasteiger partial charge in [-0.15, -0.1) is 0 Å². The van der Waals surface area contributed by atoms with Crippen LogP contribution in [0.5, 0.6) is 11.5 Å². The van der Waals surface area contributed by atoms with Gasteiger partial charge in [0.2, 0.25) is 0 Å². The summed E-state index contributed by atoms with van der Waals surface area (Å²) in [6.07, 6.45) is 2.71. The highest BCUT2D eigenvalue weighted by molar-refractivity contribution is 14.1. The highest BCUT2D eigenvalue weighted by Crippen LogP contribution is 2.34. The molecule has 5 heteroatoms. The van der Waals surface area contributed by atoms with Gasteiger partial charge in [0.15, 0.2) is 11.5 Å². The van der Waals surface area contributed by atoms with Crippen molar-refractivity contribution in [2.45, 2.75) is 46.1 Å². The summed E-state index contributed by atoms with van der Waals surface area (Å²) in [6, 6.07) is 3.89. The van der Waals surface area contributed by atoms with Crippen LogP contribution in [0.4, 0.5) is 0 Å². The van der Waals surface area contributed by atoms with E-state index in [0.717, 1.165) is 9.13 Å². The minimum atomic E-state index is -0.448. The monoisotopic (exact) mass is 432 g/mol. The van der Waals surface area contributed by atoms with Gasteiger partial charge in [0.25, 0.3) is 0 Å². The molecule has 0 aliphatic carbocycles. The molecule has 0 bridgehead atoms. The van der Waals surface area contributed by atoms with Gasteiger partial charge in [-0.25, -0.2) is 0 Å². The molecular formula is C18H25IO4. The van der Waals surface area contributed by atoms with Crippen LogP contribution >= 0.6 is 22.6 Å². The molecule has 0 amide bonds. The van der Waals surface area contributed by atoms with Crippen LogP contribution in [0, 0.1) is 3.57 Å². The van der Waals surface area contributed by atoms with Crippen LogP contribution in [0.25, 0.3) is 6.08 Å². The first kappa shape index (κ1) is 19.8. The molecule has 0 saturated heterocycles. The van der Waals surface area contributed by atoms with Crippen molar-refractivity contribution in [3.8, 4) is 11.5 Å². The van der Waals surface area contributed by atoms with Gasteiger partial charge in [0.05, 0.1) is 16.8 Å². The summed E-state index contributed by atoms with van der Waals surface area (Å²) < 4.78 is 17.7. The van der Waals surface area contributed by atoms with Crippen LogP contribution in [0.3, 0.4) is 0 Å². The summed E-state index contributed by atoms with van der Waals surface area (Å²) in [5, 5.41) is 0. The Kier molecular flexibility index (Phi) is 7.88. The Hall–Kier alpha value is -1.24. The maximum absolute atomic E-state index is 11.7. The van der Waals surface area contributed by atoms with Crippen LogP contribution in [-0.2, 0) is 9.53 Å². The van der Waals surface area contributed by atoms with Gasteiger partial charge in [-0.2, -0.15) is 0 Å². The zero-order valence-electron chi connectivity index (χ0n) is 14.3. The number of carbonyl (C=O) groups excluding carboxylic acids is 1. The second-order valence-corrected chi connectivity index (χ2v) is 7.17. The number of hydrogen-bond donors (Lipinski definition) is 0. The number of halogens is 1. The van der Waals surface area contributed by atoms with Crippen molar-refractivity contribution >= 4 is 34.6 Å². The average molecular weight is 432 g/mol. The standard InChI is InChI=1S/C18H25IO4/c1-6-13-11-14(19)17(15(12-13)21-7-2)22-10-8-9-16(20)23-18(3,4)5/h6,11-12H,1,7-10H2,2-5H3. The number of esters is 1. The number of benzene rings is 1. The van der Waals surface area contributed by atoms with Gasteiger partial charge in [-0.3, -0.25) is 4.79 Å². The van der Waals surface area contributed by atoms with Crippen LogP contribution in [-0.4, -0.2) is 24.8 Å². The maximum atomic E-state index is 11.7. The molecule has 23 heavy (non-hydrogen) atoms. The van der Waals surface area contributed by atoms with Gasteiger partial charge in [0.1, 0.15) is 5.60 Å². The molecule has 0 N–H and O–H groups in total. The van der Waals surface area contributed by atoms with Gasteiger partial charge in [0, 0.05) is 6.42 Å². The second-order valence-electron chi connectivity index (χ2n) is 6.01. The molecule has 1 aromatic rings. The summed E-state index contributed by atoms with van der Waals surface area (Å²) in [4.78, 5) is 11.7. The van der Waals surface area contributed by atoms with Crippen molar-refractivity contribution in [2.24, 2.45) is 0 Å². The van der Waals surface area contributed by atoms with Crippen LogP contribution in [0.15, 0.2) is 18.7 Å². The molecule has 0 aliphatic heterocycles. The van der Waals surface area contributed by atoms with Crippen molar-refractivity contribution in [2.75, 3.05) is 13.2 Å². The molecule has 0 radical (unpaired) electrons. The number of hydrogen-bond acceptors (Lipinski definition) is 4. The minimum absolute atomic E-state index is 0.206. The van der Waals surface area contributed by atoms with E-state index in [1.807, 2.05) is 39.8 Å². The fraction of sp³-hybridized carbons (Fsp3) is 0.500. The first-order valence-corrected chi connectivity index (χ1v) is 8.78. The number of carbonyl (C=O) groups is 1. The Balaban J connectivity index is 2.60. The third-order valence-electron chi connectivity index (χ3n) is 2.76. The molecule has 0 heterocycles. The van der Waals surface area contributed by atoms with E-state index < -0.39 is 5.60 Å². The van der Waals surface area contributed by atoms with Gasteiger partial charge in [-0.1, -0.05) is 12.7 Å². The Morgan fingerprint density at radius 2 is 2.00 bits per heavy atom. The van der Waals surface area contributed by atoms with E-state index in [4.69, 9.17) is 14.2 Å². The lowest BCUT2D eigenvalue weighted by Crippen LogP contribution is -2.24. The Morgan fingerprint density at radius 3 is 2.57 bits per heavy atom. The van der Waals surface area contributed by atoms with Gasteiger partial charge in [-0.05, 0) is 74.4 Å². The quantitative estimate of drug-likeness (QED) is 0.335. The fourth-order valence-electron chi connectivity index (χ4n) is 1.89. The molecule has 0 atom stereocenters. The zero-order chi connectivity index (χ0) is 17.5. The lowest BCUT2D eigenvalue weighted by molar-refractivity contribution is -0.155. The van der Waals surface area contributed by atoms with Crippen LogP contribution in [0.2, 0.25) is 0 Å². The Bertz CT molecular complexity index is 547. The zero-order valence-corrected chi connectivity index (χ0v) is 16.4. The van der Waals surface area contributed by atoms with E-state index >= 15 is 0 Å². The molecule has 0 aliphatic rings. The normalized spacial score (nSPS) is 11.0. The van der Waals surface area contributed by atoms with E-state index in [9.17, 15) is 4.79 Å². The minimum Gasteiger partial charge on any atom is -0.490 e. The van der Waals surface area contributed by atoms with E-state index in [0.29, 0.717) is 37.6 Å². The van der Waals surface area contributed by atoms with E-state index in [-0.39, 0.29) is 5.97 Å². The molecule has 0 saturated carbocycles. The molecule has 1 rings (SSSR count). The smallest absolute Gasteiger partial charge is 0.306 e. The van der Waals surface area contributed by atoms with Crippen molar-refractivity contribution in [3.05, 3.63) is 27.8 Å². The highest BCUT2D eigenvalue weighted by atomic mass is 127. The first-order valence-electron chi connectivity index (χ1n) is 7.70. The molecule has 4 nitrogen and oxygen atoms in total. The van der Waals surface area contributed by atoms with Gasteiger partial charge >= 0.3 is 5.97 Å². The molecule has 1 aromatic carbocycles. The predicted molar refractivity (Wildman–Crippen MR) is 101 cm³/mol.